The van der Waals surface area contributed by atoms with Gasteiger partial charge in [-0.2, -0.15) is 0 Å². The van der Waals surface area contributed by atoms with Crippen LogP contribution in [-0.4, -0.2) is 41.0 Å². The number of hydrogen-bond acceptors (Lipinski definition) is 4. The van der Waals surface area contributed by atoms with E-state index < -0.39 is 0 Å². The molecule has 1 aromatic rings. The number of oxazole rings is 1. The Hall–Kier alpha value is -1.36. The van der Waals surface area contributed by atoms with Crippen molar-refractivity contribution in [2.75, 3.05) is 13.1 Å². The fraction of sp³-hybridized carbons (Fsp3) is 0.733. The van der Waals surface area contributed by atoms with Crippen LogP contribution in [0, 0.1) is 5.92 Å². The molecular weight excluding hydrogens is 254 g/mol. The van der Waals surface area contributed by atoms with Gasteiger partial charge in [0.05, 0.1) is 6.20 Å². The van der Waals surface area contributed by atoms with E-state index in [1.807, 2.05) is 0 Å². The maximum atomic E-state index is 12.2. The molecule has 5 heteroatoms. The van der Waals surface area contributed by atoms with E-state index in [9.17, 15) is 4.79 Å². The molecule has 1 aliphatic heterocycles. The Bertz CT molecular complexity index is 493. The van der Waals surface area contributed by atoms with Gasteiger partial charge in [-0.3, -0.25) is 9.69 Å². The molecule has 0 aromatic carbocycles. The van der Waals surface area contributed by atoms with Crippen molar-refractivity contribution >= 4 is 5.91 Å². The number of likely N-dealkylation sites (tertiary alicyclic amines) is 1. The highest BCUT2D eigenvalue weighted by molar-refractivity contribution is 5.89. The average Bonchev–Trinajstić information content (AvgIpc) is 3.01. The number of hydrogen-bond donors (Lipinski definition) is 1. The van der Waals surface area contributed by atoms with Crippen LogP contribution in [0.5, 0.6) is 0 Å². The number of carbonyl (C=O) groups is 1. The van der Waals surface area contributed by atoms with Gasteiger partial charge in [-0.05, 0) is 32.6 Å². The van der Waals surface area contributed by atoms with Gasteiger partial charge in [-0.25, -0.2) is 4.98 Å². The molecule has 0 unspecified atom stereocenters. The van der Waals surface area contributed by atoms with Gasteiger partial charge in [-0.1, -0.05) is 6.92 Å². The highest BCUT2D eigenvalue weighted by Gasteiger charge is 2.33. The second-order valence-electron chi connectivity index (χ2n) is 6.45. The van der Waals surface area contributed by atoms with E-state index in [4.69, 9.17) is 4.42 Å². The van der Waals surface area contributed by atoms with Crippen molar-refractivity contribution in [2.45, 2.75) is 51.6 Å². The number of carbonyl (C=O) groups excluding carboxylic acids is 1. The van der Waals surface area contributed by atoms with E-state index in [-0.39, 0.29) is 17.8 Å². The molecule has 2 fully saturated rings. The van der Waals surface area contributed by atoms with Gasteiger partial charge in [0.15, 0.2) is 0 Å². The van der Waals surface area contributed by atoms with Crippen LogP contribution in [-0.2, 0) is 0 Å². The van der Waals surface area contributed by atoms with Crippen LogP contribution in [0.1, 0.15) is 56.0 Å². The Balaban J connectivity index is 1.60. The lowest BCUT2D eigenvalue weighted by Crippen LogP contribution is -2.40. The summed E-state index contributed by atoms with van der Waals surface area (Å²) in [5, 5.41) is 3.07. The van der Waals surface area contributed by atoms with Crippen LogP contribution in [0.15, 0.2) is 10.6 Å². The SMILES string of the molecule is CC(C)N1C[C@H](NC(=O)c2ncc(C3CC3)o2)[C@@H](C)C1. The van der Waals surface area contributed by atoms with Crippen LogP contribution in [0.25, 0.3) is 0 Å². The second kappa shape index (κ2) is 5.20. The van der Waals surface area contributed by atoms with Crippen LogP contribution in [0.4, 0.5) is 0 Å². The first-order valence-corrected chi connectivity index (χ1v) is 7.55. The summed E-state index contributed by atoms with van der Waals surface area (Å²) in [6, 6.07) is 0.698. The summed E-state index contributed by atoms with van der Waals surface area (Å²) in [6.45, 7) is 8.49. The standard InChI is InChI=1S/C15H23N3O2/c1-9(2)18-7-10(3)12(8-18)17-14(19)15-16-6-13(20-15)11-4-5-11/h6,9-12H,4-5,7-8H2,1-3H3,(H,17,19)/t10-,12-/m0/s1. The van der Waals surface area contributed by atoms with Gasteiger partial charge in [-0.15, -0.1) is 0 Å². The highest BCUT2D eigenvalue weighted by atomic mass is 16.4. The van der Waals surface area contributed by atoms with Gasteiger partial charge in [0.2, 0.25) is 0 Å². The lowest BCUT2D eigenvalue weighted by molar-refractivity contribution is 0.0893. The fourth-order valence-electron chi connectivity index (χ4n) is 2.79. The Morgan fingerprint density at radius 1 is 1.45 bits per heavy atom. The number of amides is 1. The predicted molar refractivity (Wildman–Crippen MR) is 75.6 cm³/mol. The van der Waals surface area contributed by atoms with Crippen molar-refractivity contribution in [3.05, 3.63) is 17.8 Å². The van der Waals surface area contributed by atoms with Crippen molar-refractivity contribution in [2.24, 2.45) is 5.92 Å². The maximum Gasteiger partial charge on any atom is 0.307 e. The monoisotopic (exact) mass is 277 g/mol. The van der Waals surface area contributed by atoms with Crippen molar-refractivity contribution in [1.82, 2.24) is 15.2 Å². The smallest absolute Gasteiger partial charge is 0.307 e. The lowest BCUT2D eigenvalue weighted by atomic mass is 10.1. The molecule has 1 aromatic heterocycles. The molecule has 0 spiro atoms. The largest absolute Gasteiger partial charge is 0.437 e. The summed E-state index contributed by atoms with van der Waals surface area (Å²) < 4.78 is 5.55. The van der Waals surface area contributed by atoms with Crippen molar-refractivity contribution < 1.29 is 9.21 Å². The average molecular weight is 277 g/mol. The van der Waals surface area contributed by atoms with Gasteiger partial charge < -0.3 is 9.73 Å². The molecule has 0 bridgehead atoms. The zero-order valence-electron chi connectivity index (χ0n) is 12.4. The normalized spacial score (nSPS) is 27.2. The molecule has 1 N–H and O–H groups in total. The molecule has 1 aliphatic carbocycles. The maximum absolute atomic E-state index is 12.2. The van der Waals surface area contributed by atoms with Crippen LogP contribution in [0.3, 0.4) is 0 Å². The van der Waals surface area contributed by atoms with E-state index >= 15 is 0 Å². The zero-order chi connectivity index (χ0) is 14.3. The summed E-state index contributed by atoms with van der Waals surface area (Å²) in [5.41, 5.74) is 0. The van der Waals surface area contributed by atoms with Crippen molar-refractivity contribution in [3.8, 4) is 0 Å². The Labute approximate surface area is 119 Å². The Kier molecular flexibility index (Phi) is 3.54. The van der Waals surface area contributed by atoms with Crippen LogP contribution < -0.4 is 5.32 Å². The van der Waals surface area contributed by atoms with E-state index in [0.29, 0.717) is 17.9 Å². The summed E-state index contributed by atoms with van der Waals surface area (Å²) in [7, 11) is 0. The van der Waals surface area contributed by atoms with E-state index in [1.54, 1.807) is 6.20 Å². The topological polar surface area (TPSA) is 58.4 Å². The van der Waals surface area contributed by atoms with Crippen molar-refractivity contribution in [1.29, 1.82) is 0 Å². The lowest BCUT2D eigenvalue weighted by Gasteiger charge is -2.20. The second-order valence-corrected chi connectivity index (χ2v) is 6.45. The molecule has 110 valence electrons. The predicted octanol–water partition coefficient (Wildman–Crippen LogP) is 2.01. The first-order chi connectivity index (χ1) is 9.54. The van der Waals surface area contributed by atoms with E-state index in [2.05, 4.69) is 36.0 Å². The first-order valence-electron chi connectivity index (χ1n) is 7.55. The fourth-order valence-corrected chi connectivity index (χ4v) is 2.79. The molecule has 1 saturated carbocycles. The van der Waals surface area contributed by atoms with Gasteiger partial charge >= 0.3 is 5.91 Å². The minimum atomic E-state index is -0.181. The molecular formula is C15H23N3O2. The summed E-state index contributed by atoms with van der Waals surface area (Å²) in [4.78, 5) is 18.7. The van der Waals surface area contributed by atoms with Crippen LogP contribution in [0.2, 0.25) is 0 Å². The Morgan fingerprint density at radius 3 is 2.80 bits per heavy atom. The summed E-state index contributed by atoms with van der Waals surface area (Å²) in [6.07, 6.45) is 4.00. The van der Waals surface area contributed by atoms with E-state index in [1.165, 1.54) is 0 Å². The zero-order valence-corrected chi connectivity index (χ0v) is 12.4. The van der Waals surface area contributed by atoms with Crippen molar-refractivity contribution in [3.63, 3.8) is 0 Å². The molecule has 2 aliphatic rings. The quantitative estimate of drug-likeness (QED) is 0.914. The Morgan fingerprint density at radius 2 is 2.20 bits per heavy atom. The molecule has 20 heavy (non-hydrogen) atoms. The summed E-state index contributed by atoms with van der Waals surface area (Å²) in [5.74, 6) is 1.84. The third-order valence-corrected chi connectivity index (χ3v) is 4.38. The third kappa shape index (κ3) is 2.73. The number of nitrogens with zero attached hydrogens (tertiary/aromatic N) is 2. The molecule has 1 saturated heterocycles. The van der Waals surface area contributed by atoms with Gasteiger partial charge in [0.1, 0.15) is 5.76 Å². The van der Waals surface area contributed by atoms with Gasteiger partial charge in [0.25, 0.3) is 5.89 Å². The van der Waals surface area contributed by atoms with E-state index in [0.717, 1.165) is 31.7 Å². The molecule has 3 rings (SSSR count). The summed E-state index contributed by atoms with van der Waals surface area (Å²) >= 11 is 0. The number of rotatable bonds is 4. The molecule has 2 atom stereocenters. The number of aromatic nitrogens is 1. The molecule has 0 radical (unpaired) electrons. The molecule has 2 heterocycles. The highest BCUT2D eigenvalue weighted by Crippen LogP contribution is 2.40. The molecule has 1 amide bonds. The van der Waals surface area contributed by atoms with Gasteiger partial charge in [0, 0.05) is 31.1 Å². The minimum Gasteiger partial charge on any atom is -0.437 e. The third-order valence-electron chi connectivity index (χ3n) is 4.38. The minimum absolute atomic E-state index is 0.181. The number of nitrogens with one attached hydrogen (secondary N) is 1. The van der Waals surface area contributed by atoms with Crippen LogP contribution >= 0.6 is 0 Å². The first kappa shape index (κ1) is 13.6. The molecule has 5 nitrogen and oxygen atoms in total.